The molecule has 0 saturated heterocycles. The molecule has 21 heavy (non-hydrogen) atoms. The molecule has 2 rings (SSSR count). The van der Waals surface area contributed by atoms with Crippen molar-refractivity contribution >= 4 is 23.4 Å². The third kappa shape index (κ3) is 4.19. The minimum atomic E-state index is 0.291. The van der Waals surface area contributed by atoms with Gasteiger partial charge in [0.1, 0.15) is 5.82 Å². The largest absolute Gasteiger partial charge is 0.330 e. The maximum absolute atomic E-state index is 5.99. The topological polar surface area (TPSA) is 51.8 Å². The molecule has 0 radical (unpaired) electrons. The highest BCUT2D eigenvalue weighted by atomic mass is 35.5. The number of hydrogen-bond donors (Lipinski definition) is 1. The summed E-state index contributed by atoms with van der Waals surface area (Å²) in [6.07, 6.45) is 0. The van der Waals surface area contributed by atoms with Crippen molar-refractivity contribution < 1.29 is 0 Å². The van der Waals surface area contributed by atoms with Gasteiger partial charge in [0.15, 0.2) is 0 Å². The van der Waals surface area contributed by atoms with Crippen LogP contribution in [0.5, 0.6) is 0 Å². The summed E-state index contributed by atoms with van der Waals surface area (Å²) in [6, 6.07) is 7.82. The van der Waals surface area contributed by atoms with Crippen LogP contribution in [0.3, 0.4) is 0 Å². The Bertz CT molecular complexity index is 608. The van der Waals surface area contributed by atoms with Crippen LogP contribution in [-0.4, -0.2) is 16.5 Å². The Morgan fingerprint density at radius 1 is 1.24 bits per heavy atom. The van der Waals surface area contributed by atoms with Gasteiger partial charge in [0, 0.05) is 21.3 Å². The van der Waals surface area contributed by atoms with Gasteiger partial charge in [-0.15, -0.1) is 11.8 Å². The van der Waals surface area contributed by atoms with Crippen molar-refractivity contribution in [3.63, 3.8) is 0 Å². The number of aryl methyl sites for hydroxylation is 2. The molecule has 2 N–H and O–H groups in total. The molecule has 2 aromatic rings. The van der Waals surface area contributed by atoms with Crippen LogP contribution in [0.25, 0.3) is 0 Å². The lowest BCUT2D eigenvalue weighted by atomic mass is 9.98. The molecule has 112 valence electrons. The lowest BCUT2D eigenvalue weighted by Crippen LogP contribution is -2.14. The molecule has 0 aliphatic heterocycles. The molecule has 3 nitrogen and oxygen atoms in total. The highest BCUT2D eigenvalue weighted by Crippen LogP contribution is 2.26. The smallest absolute Gasteiger partial charge is 0.139 e. The van der Waals surface area contributed by atoms with Crippen LogP contribution < -0.4 is 5.73 Å². The molecule has 0 aliphatic carbocycles. The molecule has 0 saturated carbocycles. The van der Waals surface area contributed by atoms with Crippen molar-refractivity contribution in [1.29, 1.82) is 0 Å². The van der Waals surface area contributed by atoms with E-state index in [9.17, 15) is 0 Å². The summed E-state index contributed by atoms with van der Waals surface area (Å²) >= 11 is 7.68. The molecule has 1 unspecified atom stereocenters. The SMILES string of the molecule is Cc1nc(CSc2cccc(Cl)c2)nc(C)c1C(C)CN. The zero-order valence-electron chi connectivity index (χ0n) is 12.6. The van der Waals surface area contributed by atoms with E-state index in [1.807, 2.05) is 38.1 Å². The fraction of sp³-hybridized carbons (Fsp3) is 0.375. The van der Waals surface area contributed by atoms with E-state index in [-0.39, 0.29) is 0 Å². The van der Waals surface area contributed by atoms with Crippen molar-refractivity contribution in [3.05, 3.63) is 52.1 Å². The number of aromatic nitrogens is 2. The summed E-state index contributed by atoms with van der Waals surface area (Å²) in [4.78, 5) is 10.4. The number of nitrogens with two attached hydrogens (primary N) is 1. The minimum absolute atomic E-state index is 0.291. The van der Waals surface area contributed by atoms with E-state index in [0.717, 1.165) is 32.9 Å². The number of hydrogen-bond acceptors (Lipinski definition) is 4. The van der Waals surface area contributed by atoms with Crippen LogP contribution in [-0.2, 0) is 5.75 Å². The maximum atomic E-state index is 5.99. The van der Waals surface area contributed by atoms with E-state index >= 15 is 0 Å². The summed E-state index contributed by atoms with van der Waals surface area (Å²) in [6.45, 7) is 6.79. The van der Waals surface area contributed by atoms with Crippen molar-refractivity contribution in [2.45, 2.75) is 37.3 Å². The lowest BCUT2D eigenvalue weighted by Gasteiger charge is -2.15. The summed E-state index contributed by atoms with van der Waals surface area (Å²) < 4.78 is 0. The van der Waals surface area contributed by atoms with Crippen molar-refractivity contribution in [2.75, 3.05) is 6.54 Å². The first-order valence-corrected chi connectivity index (χ1v) is 8.30. The van der Waals surface area contributed by atoms with Crippen LogP contribution in [0, 0.1) is 13.8 Å². The van der Waals surface area contributed by atoms with Gasteiger partial charge in [-0.25, -0.2) is 9.97 Å². The molecule has 0 aliphatic rings. The zero-order chi connectivity index (χ0) is 15.4. The molecule has 1 aromatic heterocycles. The fourth-order valence-electron chi connectivity index (χ4n) is 2.39. The summed E-state index contributed by atoms with van der Waals surface area (Å²) in [5.74, 6) is 1.88. The van der Waals surface area contributed by atoms with Gasteiger partial charge in [-0.3, -0.25) is 0 Å². The predicted molar refractivity (Wildman–Crippen MR) is 90.0 cm³/mol. The normalized spacial score (nSPS) is 12.4. The monoisotopic (exact) mass is 321 g/mol. The second-order valence-electron chi connectivity index (χ2n) is 5.11. The van der Waals surface area contributed by atoms with Gasteiger partial charge in [-0.1, -0.05) is 24.6 Å². The number of rotatable bonds is 5. The van der Waals surface area contributed by atoms with Gasteiger partial charge in [0.2, 0.25) is 0 Å². The molecule has 0 spiro atoms. The Morgan fingerprint density at radius 3 is 2.48 bits per heavy atom. The Kier molecular flexibility index (Phi) is 5.62. The maximum Gasteiger partial charge on any atom is 0.139 e. The van der Waals surface area contributed by atoms with Crippen LogP contribution in [0.4, 0.5) is 0 Å². The quantitative estimate of drug-likeness (QED) is 0.842. The van der Waals surface area contributed by atoms with Crippen LogP contribution in [0.2, 0.25) is 5.02 Å². The first-order valence-electron chi connectivity index (χ1n) is 6.93. The van der Waals surface area contributed by atoms with Gasteiger partial charge in [0.05, 0.1) is 5.75 Å². The van der Waals surface area contributed by atoms with Crippen molar-refractivity contribution in [1.82, 2.24) is 9.97 Å². The second-order valence-corrected chi connectivity index (χ2v) is 6.59. The highest BCUT2D eigenvalue weighted by Gasteiger charge is 2.14. The number of benzene rings is 1. The van der Waals surface area contributed by atoms with E-state index in [2.05, 4.69) is 16.9 Å². The van der Waals surface area contributed by atoms with Crippen LogP contribution in [0.1, 0.15) is 35.6 Å². The third-order valence-electron chi connectivity index (χ3n) is 3.38. The molecule has 5 heteroatoms. The molecular formula is C16H20ClN3S. The molecule has 1 atom stereocenters. The Labute approximate surface area is 135 Å². The van der Waals surface area contributed by atoms with E-state index < -0.39 is 0 Å². The molecule has 0 amide bonds. The third-order valence-corrected chi connectivity index (χ3v) is 4.61. The fourth-order valence-corrected chi connectivity index (χ4v) is 3.46. The number of halogens is 1. The lowest BCUT2D eigenvalue weighted by molar-refractivity contribution is 0.736. The van der Waals surface area contributed by atoms with Gasteiger partial charge in [-0.05, 0) is 50.1 Å². The van der Waals surface area contributed by atoms with Gasteiger partial charge >= 0.3 is 0 Å². The predicted octanol–water partition coefficient (Wildman–Crippen LogP) is 4.10. The van der Waals surface area contributed by atoms with Crippen LogP contribution in [0.15, 0.2) is 29.2 Å². The average Bonchev–Trinajstić information content (AvgIpc) is 2.44. The Morgan fingerprint density at radius 2 is 1.90 bits per heavy atom. The average molecular weight is 322 g/mol. The standard InChI is InChI=1S/C16H20ClN3S/c1-10(8-18)16-11(2)19-15(20-12(16)3)9-21-14-6-4-5-13(17)7-14/h4-7,10H,8-9,18H2,1-3H3. The molecule has 0 bridgehead atoms. The summed E-state index contributed by atoms with van der Waals surface area (Å²) in [7, 11) is 0. The van der Waals surface area contributed by atoms with Gasteiger partial charge in [-0.2, -0.15) is 0 Å². The van der Waals surface area contributed by atoms with E-state index in [1.54, 1.807) is 11.8 Å². The van der Waals surface area contributed by atoms with Crippen molar-refractivity contribution in [3.8, 4) is 0 Å². The van der Waals surface area contributed by atoms with Crippen LogP contribution >= 0.6 is 23.4 Å². The van der Waals surface area contributed by atoms with E-state index in [0.29, 0.717) is 12.5 Å². The minimum Gasteiger partial charge on any atom is -0.330 e. The molecular weight excluding hydrogens is 302 g/mol. The van der Waals surface area contributed by atoms with Gasteiger partial charge in [0.25, 0.3) is 0 Å². The zero-order valence-corrected chi connectivity index (χ0v) is 14.1. The first kappa shape index (κ1) is 16.3. The van der Waals surface area contributed by atoms with Gasteiger partial charge < -0.3 is 5.73 Å². The Hall–Kier alpha value is -1.10. The molecule has 1 heterocycles. The van der Waals surface area contributed by atoms with E-state index in [1.165, 1.54) is 5.56 Å². The molecule has 1 aromatic carbocycles. The second kappa shape index (κ2) is 7.25. The molecule has 0 fully saturated rings. The Balaban J connectivity index is 2.15. The van der Waals surface area contributed by atoms with Crippen molar-refractivity contribution in [2.24, 2.45) is 5.73 Å². The number of thioether (sulfide) groups is 1. The first-order chi connectivity index (χ1) is 10.0. The number of nitrogens with zero attached hydrogens (tertiary/aromatic N) is 2. The highest BCUT2D eigenvalue weighted by molar-refractivity contribution is 7.98. The van der Waals surface area contributed by atoms with E-state index in [4.69, 9.17) is 17.3 Å². The summed E-state index contributed by atoms with van der Waals surface area (Å²) in [5.41, 5.74) is 8.99. The summed E-state index contributed by atoms with van der Waals surface area (Å²) in [5, 5.41) is 0.750.